The van der Waals surface area contributed by atoms with Crippen LogP contribution >= 0.6 is 0 Å². The molecule has 20 heavy (non-hydrogen) atoms. The first-order valence-electron chi connectivity index (χ1n) is 5.88. The lowest BCUT2D eigenvalue weighted by Crippen LogP contribution is -2.21. The van der Waals surface area contributed by atoms with Crippen LogP contribution in [0.1, 0.15) is 5.56 Å². The van der Waals surface area contributed by atoms with Gasteiger partial charge in [-0.2, -0.15) is 8.42 Å². The monoisotopic (exact) mass is 289 g/mol. The van der Waals surface area contributed by atoms with E-state index < -0.39 is 10.1 Å². The van der Waals surface area contributed by atoms with E-state index in [-0.39, 0.29) is 4.90 Å². The first-order chi connectivity index (χ1) is 9.56. The van der Waals surface area contributed by atoms with E-state index in [0.29, 0.717) is 11.0 Å². The molecule has 6 nitrogen and oxygen atoms in total. The molecule has 0 atom stereocenters. The molecule has 0 spiro atoms. The topological polar surface area (TPSA) is 74.1 Å². The average Bonchev–Trinajstić information content (AvgIpc) is 2.82. The van der Waals surface area contributed by atoms with E-state index >= 15 is 0 Å². The fourth-order valence-corrected chi connectivity index (χ4v) is 2.59. The van der Waals surface area contributed by atoms with Crippen molar-refractivity contribution in [2.45, 2.75) is 11.8 Å². The highest BCUT2D eigenvalue weighted by Gasteiger charge is 2.18. The Balaban J connectivity index is 1.99. The van der Waals surface area contributed by atoms with Crippen molar-refractivity contribution in [3.63, 3.8) is 0 Å². The predicted molar refractivity (Wildman–Crippen MR) is 72.5 cm³/mol. The van der Waals surface area contributed by atoms with E-state index in [4.69, 9.17) is 4.28 Å². The second kappa shape index (κ2) is 4.61. The molecule has 0 radical (unpaired) electrons. The van der Waals surface area contributed by atoms with Crippen molar-refractivity contribution < 1.29 is 12.7 Å². The van der Waals surface area contributed by atoms with Gasteiger partial charge in [0.05, 0.1) is 0 Å². The molecule has 0 N–H and O–H groups in total. The van der Waals surface area contributed by atoms with Crippen LogP contribution in [0.4, 0.5) is 0 Å². The molecule has 0 aliphatic rings. The summed E-state index contributed by atoms with van der Waals surface area (Å²) in [6.45, 7) is 1.88. The van der Waals surface area contributed by atoms with Gasteiger partial charge in [-0.15, -0.1) is 5.10 Å². The van der Waals surface area contributed by atoms with Gasteiger partial charge in [-0.1, -0.05) is 34.7 Å². The maximum absolute atomic E-state index is 12.1. The van der Waals surface area contributed by atoms with E-state index in [2.05, 4.69) is 10.3 Å². The van der Waals surface area contributed by atoms with Gasteiger partial charge in [0.15, 0.2) is 0 Å². The molecule has 102 valence electrons. The summed E-state index contributed by atoms with van der Waals surface area (Å²) in [5, 5.41) is 7.52. The molecule has 1 heterocycles. The standard InChI is InChI=1S/C13H11N3O3S/c1-10-6-8-11(9-7-10)20(17,18)19-16-13-5-3-2-4-12(13)14-15-16/h2-9H,1H3. The Kier molecular flexibility index (Phi) is 2.90. The first-order valence-corrected chi connectivity index (χ1v) is 7.29. The Morgan fingerprint density at radius 3 is 2.50 bits per heavy atom. The number of para-hydroxylation sites is 1. The van der Waals surface area contributed by atoms with Crippen LogP contribution in [0, 0.1) is 6.92 Å². The summed E-state index contributed by atoms with van der Waals surface area (Å²) in [5.41, 5.74) is 2.02. The second-order valence-corrected chi connectivity index (χ2v) is 5.82. The van der Waals surface area contributed by atoms with Crippen LogP contribution in [0.15, 0.2) is 53.4 Å². The van der Waals surface area contributed by atoms with Gasteiger partial charge < -0.3 is 0 Å². The SMILES string of the molecule is Cc1ccc(S(=O)(=O)On2nnc3ccccc32)cc1. The summed E-state index contributed by atoms with van der Waals surface area (Å²) in [6.07, 6.45) is 0. The maximum Gasteiger partial charge on any atom is 0.358 e. The van der Waals surface area contributed by atoms with Crippen molar-refractivity contribution in [1.82, 2.24) is 15.2 Å². The molecule has 0 aliphatic carbocycles. The number of fused-ring (bicyclic) bond motifs is 1. The molecule has 0 fully saturated rings. The third-order valence-electron chi connectivity index (χ3n) is 2.80. The molecule has 0 amide bonds. The molecule has 7 heteroatoms. The van der Waals surface area contributed by atoms with Crippen molar-refractivity contribution in [2.24, 2.45) is 0 Å². The van der Waals surface area contributed by atoms with E-state index in [1.54, 1.807) is 36.4 Å². The number of hydrogen-bond donors (Lipinski definition) is 0. The van der Waals surface area contributed by atoms with E-state index in [1.807, 2.05) is 6.92 Å². The fraction of sp³-hybridized carbons (Fsp3) is 0.0769. The first kappa shape index (κ1) is 12.6. The molecule has 0 unspecified atom stereocenters. The van der Waals surface area contributed by atoms with Crippen molar-refractivity contribution in [2.75, 3.05) is 0 Å². The normalized spacial score (nSPS) is 11.7. The van der Waals surface area contributed by atoms with E-state index in [9.17, 15) is 8.42 Å². The second-order valence-electron chi connectivity index (χ2n) is 4.29. The number of benzene rings is 2. The van der Waals surface area contributed by atoms with Crippen molar-refractivity contribution >= 4 is 21.2 Å². The zero-order valence-corrected chi connectivity index (χ0v) is 11.4. The van der Waals surface area contributed by atoms with Gasteiger partial charge in [0.25, 0.3) is 0 Å². The summed E-state index contributed by atoms with van der Waals surface area (Å²) in [5.74, 6) is 0. The molecule has 2 aromatic carbocycles. The molecule has 1 aromatic heterocycles. The van der Waals surface area contributed by atoms with E-state index in [1.165, 1.54) is 12.1 Å². The zero-order valence-electron chi connectivity index (χ0n) is 10.6. The number of hydrogen-bond acceptors (Lipinski definition) is 5. The third kappa shape index (κ3) is 2.23. The minimum atomic E-state index is -3.93. The van der Waals surface area contributed by atoms with Crippen LogP contribution in [0.5, 0.6) is 0 Å². The minimum Gasteiger partial charge on any atom is -0.264 e. The van der Waals surface area contributed by atoms with Crippen LogP contribution in [-0.4, -0.2) is 23.6 Å². The highest BCUT2D eigenvalue weighted by molar-refractivity contribution is 7.87. The molecule has 0 aliphatic heterocycles. The maximum atomic E-state index is 12.1. The summed E-state index contributed by atoms with van der Waals surface area (Å²) in [7, 11) is -3.93. The lowest BCUT2D eigenvalue weighted by molar-refractivity contribution is 0.245. The van der Waals surface area contributed by atoms with Gasteiger partial charge in [-0.25, -0.2) is 0 Å². The Labute approximate surface area is 115 Å². The van der Waals surface area contributed by atoms with Gasteiger partial charge in [-0.05, 0) is 36.4 Å². The highest BCUT2D eigenvalue weighted by Crippen LogP contribution is 2.14. The Hall–Kier alpha value is -2.41. The third-order valence-corrected chi connectivity index (χ3v) is 3.99. The summed E-state index contributed by atoms with van der Waals surface area (Å²) >= 11 is 0. The lowest BCUT2D eigenvalue weighted by atomic mass is 10.2. The Morgan fingerprint density at radius 2 is 1.75 bits per heavy atom. The van der Waals surface area contributed by atoms with Crippen LogP contribution in [-0.2, 0) is 10.1 Å². The molecule has 3 aromatic rings. The van der Waals surface area contributed by atoms with Gasteiger partial charge in [-0.3, -0.25) is 4.28 Å². The number of aryl methyl sites for hydroxylation is 1. The van der Waals surface area contributed by atoms with Gasteiger partial charge >= 0.3 is 10.1 Å². The Morgan fingerprint density at radius 1 is 1.05 bits per heavy atom. The average molecular weight is 289 g/mol. The molecule has 0 bridgehead atoms. The van der Waals surface area contributed by atoms with Crippen molar-refractivity contribution in [1.29, 1.82) is 0 Å². The fourth-order valence-electron chi connectivity index (χ4n) is 1.74. The molecule has 0 saturated heterocycles. The molecular formula is C13H11N3O3S. The minimum absolute atomic E-state index is 0.0719. The van der Waals surface area contributed by atoms with Crippen molar-refractivity contribution in [3.8, 4) is 0 Å². The summed E-state index contributed by atoms with van der Waals surface area (Å²) < 4.78 is 29.3. The smallest absolute Gasteiger partial charge is 0.264 e. The van der Waals surface area contributed by atoms with Gasteiger partial charge in [0, 0.05) is 0 Å². The quantitative estimate of drug-likeness (QED) is 0.731. The van der Waals surface area contributed by atoms with Crippen molar-refractivity contribution in [3.05, 3.63) is 54.1 Å². The van der Waals surface area contributed by atoms with Crippen LogP contribution in [0.2, 0.25) is 0 Å². The van der Waals surface area contributed by atoms with Crippen LogP contribution in [0.25, 0.3) is 11.0 Å². The lowest BCUT2D eigenvalue weighted by Gasteiger charge is -2.06. The molecular weight excluding hydrogens is 278 g/mol. The van der Waals surface area contributed by atoms with Gasteiger partial charge in [0.2, 0.25) is 0 Å². The largest absolute Gasteiger partial charge is 0.358 e. The zero-order chi connectivity index (χ0) is 14.2. The molecule has 3 rings (SSSR count). The Bertz CT molecular complexity index is 854. The van der Waals surface area contributed by atoms with Crippen LogP contribution in [0.3, 0.4) is 0 Å². The summed E-state index contributed by atoms with van der Waals surface area (Å²) in [6, 6.07) is 13.3. The predicted octanol–water partition coefficient (Wildman–Crippen LogP) is 1.56. The number of rotatable bonds is 3. The van der Waals surface area contributed by atoms with Crippen LogP contribution < -0.4 is 4.28 Å². The molecule has 0 saturated carbocycles. The summed E-state index contributed by atoms with van der Waals surface area (Å²) in [4.78, 5) is 0.979. The highest BCUT2D eigenvalue weighted by atomic mass is 32.2. The number of nitrogens with zero attached hydrogens (tertiary/aromatic N) is 3. The van der Waals surface area contributed by atoms with Gasteiger partial charge in [0.1, 0.15) is 15.9 Å². The van der Waals surface area contributed by atoms with E-state index in [0.717, 1.165) is 10.4 Å². The number of aromatic nitrogens is 3.